The molecule has 2 aromatic rings. The highest BCUT2D eigenvalue weighted by Crippen LogP contribution is 2.12. The van der Waals surface area contributed by atoms with Gasteiger partial charge in [-0.25, -0.2) is 0 Å². The molecule has 0 bridgehead atoms. The Morgan fingerprint density at radius 3 is 2.12 bits per heavy atom. The minimum atomic E-state index is 0.588. The molecule has 0 aliphatic rings. The van der Waals surface area contributed by atoms with Crippen LogP contribution in [-0.2, 0) is 12.3 Å². The van der Waals surface area contributed by atoms with Crippen molar-refractivity contribution in [1.29, 1.82) is 0 Å². The molecule has 0 aliphatic carbocycles. The number of benzene rings is 2. The first-order valence-corrected chi connectivity index (χ1v) is 11.0. The second kappa shape index (κ2) is 13.0. The van der Waals surface area contributed by atoms with Crippen LogP contribution in [-0.4, -0.2) is 36.3 Å². The van der Waals surface area contributed by atoms with Gasteiger partial charge in [-0.3, -0.25) is 4.90 Å². The maximum absolute atomic E-state index is 3.60. The lowest BCUT2D eigenvalue weighted by Gasteiger charge is -2.26. The molecule has 0 heterocycles. The van der Waals surface area contributed by atoms with Crippen molar-refractivity contribution in [2.24, 2.45) is 0 Å². The van der Waals surface area contributed by atoms with Crippen LogP contribution in [0, 0.1) is 0 Å². The van der Waals surface area contributed by atoms with Crippen LogP contribution in [0.5, 0.6) is 0 Å². The Bertz CT molecular complexity index is 571. The zero-order valence-corrected chi connectivity index (χ0v) is 17.2. The molecule has 26 heavy (non-hydrogen) atoms. The second-order valence-corrected chi connectivity index (χ2v) is 8.15. The minimum absolute atomic E-state index is 0.588. The average molecular weight is 371 g/mol. The molecule has 0 aliphatic heterocycles. The van der Waals surface area contributed by atoms with E-state index in [4.69, 9.17) is 0 Å². The highest BCUT2D eigenvalue weighted by atomic mass is 32.2. The van der Waals surface area contributed by atoms with Crippen LogP contribution in [0.3, 0.4) is 0 Å². The Labute approximate surface area is 164 Å². The van der Waals surface area contributed by atoms with Crippen LogP contribution in [0.15, 0.2) is 60.7 Å². The van der Waals surface area contributed by atoms with Crippen molar-refractivity contribution in [3.05, 3.63) is 71.8 Å². The smallest absolute Gasteiger partial charge is 0.0236 e. The maximum Gasteiger partial charge on any atom is 0.0236 e. The van der Waals surface area contributed by atoms with E-state index in [1.165, 1.54) is 29.7 Å². The van der Waals surface area contributed by atoms with E-state index in [0.29, 0.717) is 6.04 Å². The zero-order chi connectivity index (χ0) is 18.5. The largest absolute Gasteiger partial charge is 0.317 e. The SMILES string of the molecule is CC(C)N(CCCNCCCSCc1ccccc1)Cc1ccccc1. The number of nitrogens with zero attached hydrogens (tertiary/aromatic N) is 1. The molecular formula is C23H34N2S. The predicted octanol–water partition coefficient (Wildman–Crippen LogP) is 5.20. The van der Waals surface area contributed by atoms with E-state index < -0.39 is 0 Å². The van der Waals surface area contributed by atoms with Crippen molar-refractivity contribution in [3.8, 4) is 0 Å². The molecule has 1 N–H and O–H groups in total. The molecule has 0 atom stereocenters. The lowest BCUT2D eigenvalue weighted by molar-refractivity contribution is 0.209. The summed E-state index contributed by atoms with van der Waals surface area (Å²) >= 11 is 2.03. The van der Waals surface area contributed by atoms with Crippen LogP contribution >= 0.6 is 11.8 Å². The second-order valence-electron chi connectivity index (χ2n) is 7.05. The third-order valence-corrected chi connectivity index (χ3v) is 5.63. The van der Waals surface area contributed by atoms with Crippen molar-refractivity contribution in [3.63, 3.8) is 0 Å². The standard InChI is InChI=1S/C23H34N2S/c1-21(2)25(19-22-11-5-3-6-12-22)17-9-15-24-16-10-18-26-20-23-13-7-4-8-14-23/h3-8,11-14,21,24H,9-10,15-20H2,1-2H3. The van der Waals surface area contributed by atoms with E-state index in [1.54, 1.807) is 0 Å². The Balaban J connectivity index is 1.49. The topological polar surface area (TPSA) is 15.3 Å². The van der Waals surface area contributed by atoms with Crippen molar-refractivity contribution >= 4 is 11.8 Å². The molecule has 142 valence electrons. The Morgan fingerprint density at radius 1 is 0.846 bits per heavy atom. The van der Waals surface area contributed by atoms with Crippen molar-refractivity contribution in [2.45, 2.75) is 45.0 Å². The quantitative estimate of drug-likeness (QED) is 0.488. The average Bonchev–Trinajstić information content (AvgIpc) is 2.67. The predicted molar refractivity (Wildman–Crippen MR) is 117 cm³/mol. The molecule has 0 aromatic heterocycles. The van der Waals surface area contributed by atoms with Gasteiger partial charge in [-0.05, 0) is 63.2 Å². The summed E-state index contributed by atoms with van der Waals surface area (Å²) in [6, 6.07) is 22.1. The molecule has 2 nitrogen and oxygen atoms in total. The monoisotopic (exact) mass is 370 g/mol. The van der Waals surface area contributed by atoms with E-state index in [2.05, 4.69) is 84.7 Å². The van der Waals surface area contributed by atoms with Gasteiger partial charge < -0.3 is 5.32 Å². The van der Waals surface area contributed by atoms with Crippen LogP contribution in [0.1, 0.15) is 37.8 Å². The van der Waals surface area contributed by atoms with Gasteiger partial charge in [0.25, 0.3) is 0 Å². The zero-order valence-electron chi connectivity index (χ0n) is 16.4. The first-order chi connectivity index (χ1) is 12.8. The van der Waals surface area contributed by atoms with E-state index >= 15 is 0 Å². The Kier molecular flexibility index (Phi) is 10.5. The third-order valence-electron chi connectivity index (χ3n) is 4.51. The van der Waals surface area contributed by atoms with E-state index in [1.807, 2.05) is 11.8 Å². The molecule has 0 saturated carbocycles. The van der Waals surface area contributed by atoms with Gasteiger partial charge >= 0.3 is 0 Å². The van der Waals surface area contributed by atoms with Gasteiger partial charge in [0.2, 0.25) is 0 Å². The highest BCUT2D eigenvalue weighted by Gasteiger charge is 2.09. The molecule has 0 saturated heterocycles. The molecule has 0 fully saturated rings. The molecule has 2 aromatic carbocycles. The van der Waals surface area contributed by atoms with Gasteiger partial charge in [-0.2, -0.15) is 11.8 Å². The van der Waals surface area contributed by atoms with Crippen molar-refractivity contribution < 1.29 is 0 Å². The molecule has 2 rings (SSSR count). The molecule has 3 heteroatoms. The fourth-order valence-corrected chi connectivity index (χ4v) is 3.85. The fraction of sp³-hybridized carbons (Fsp3) is 0.478. The summed E-state index contributed by atoms with van der Waals surface area (Å²) in [4.78, 5) is 2.56. The highest BCUT2D eigenvalue weighted by molar-refractivity contribution is 7.98. The summed E-state index contributed by atoms with van der Waals surface area (Å²) in [5.41, 5.74) is 2.84. The third kappa shape index (κ3) is 8.88. The van der Waals surface area contributed by atoms with Crippen molar-refractivity contribution in [2.75, 3.05) is 25.4 Å². The van der Waals surface area contributed by atoms with Gasteiger partial charge in [-0.1, -0.05) is 60.7 Å². The summed E-state index contributed by atoms with van der Waals surface area (Å²) in [6.07, 6.45) is 2.46. The summed E-state index contributed by atoms with van der Waals surface area (Å²) < 4.78 is 0. The molecule has 0 spiro atoms. The van der Waals surface area contributed by atoms with Crippen molar-refractivity contribution in [1.82, 2.24) is 10.2 Å². The lowest BCUT2D eigenvalue weighted by Crippen LogP contribution is -2.33. The number of hydrogen-bond donors (Lipinski definition) is 1. The lowest BCUT2D eigenvalue weighted by atomic mass is 10.2. The molecule has 0 radical (unpaired) electrons. The summed E-state index contributed by atoms with van der Waals surface area (Å²) in [7, 11) is 0. The number of nitrogens with one attached hydrogen (secondary N) is 1. The van der Waals surface area contributed by atoms with E-state index in [0.717, 1.165) is 31.9 Å². The van der Waals surface area contributed by atoms with Gasteiger partial charge in [0.05, 0.1) is 0 Å². The fourth-order valence-electron chi connectivity index (χ4n) is 2.93. The normalized spacial score (nSPS) is 11.4. The van der Waals surface area contributed by atoms with Gasteiger partial charge in [0, 0.05) is 18.3 Å². The Hall–Kier alpha value is -1.29. The van der Waals surface area contributed by atoms with Crippen LogP contribution in [0.25, 0.3) is 0 Å². The summed E-state index contributed by atoms with van der Waals surface area (Å²) in [5.74, 6) is 2.36. The maximum atomic E-state index is 3.60. The van der Waals surface area contributed by atoms with E-state index in [9.17, 15) is 0 Å². The van der Waals surface area contributed by atoms with Crippen LogP contribution < -0.4 is 5.32 Å². The van der Waals surface area contributed by atoms with Crippen LogP contribution in [0.2, 0.25) is 0 Å². The minimum Gasteiger partial charge on any atom is -0.317 e. The Morgan fingerprint density at radius 2 is 1.46 bits per heavy atom. The summed E-state index contributed by atoms with van der Waals surface area (Å²) in [6.45, 7) is 9.03. The molecule has 0 amide bonds. The molecular weight excluding hydrogens is 336 g/mol. The van der Waals surface area contributed by atoms with Gasteiger partial charge in [0.1, 0.15) is 0 Å². The first-order valence-electron chi connectivity index (χ1n) is 9.86. The molecule has 0 unspecified atom stereocenters. The number of hydrogen-bond acceptors (Lipinski definition) is 3. The van der Waals surface area contributed by atoms with E-state index in [-0.39, 0.29) is 0 Å². The van der Waals surface area contributed by atoms with Crippen LogP contribution in [0.4, 0.5) is 0 Å². The van der Waals surface area contributed by atoms with Gasteiger partial charge in [0.15, 0.2) is 0 Å². The number of thioether (sulfide) groups is 1. The van der Waals surface area contributed by atoms with Gasteiger partial charge in [-0.15, -0.1) is 0 Å². The first kappa shape index (κ1) is 21.0. The number of rotatable bonds is 13. The summed E-state index contributed by atoms with van der Waals surface area (Å²) in [5, 5.41) is 3.60.